The highest BCUT2D eigenvalue weighted by Gasteiger charge is 2.32. The second-order valence-electron chi connectivity index (χ2n) is 6.75. The summed E-state index contributed by atoms with van der Waals surface area (Å²) in [4.78, 5) is 70.0. The molecule has 0 aliphatic carbocycles. The molecule has 0 bridgehead atoms. The molecule has 0 aliphatic heterocycles. The molecule has 0 aromatic rings. The number of carboxylic acids is 2. The molecule has 0 radical (unpaired) electrons. The predicted octanol–water partition coefficient (Wildman–Crippen LogP) is -3.12. The lowest BCUT2D eigenvalue weighted by Gasteiger charge is -2.24. The molecule has 0 saturated heterocycles. The second kappa shape index (κ2) is 11.6. The predicted molar refractivity (Wildman–Crippen MR) is 98.0 cm³/mol. The van der Waals surface area contributed by atoms with Crippen LogP contribution in [-0.2, 0) is 28.8 Å². The monoisotopic (exact) mass is 417 g/mol. The molecule has 4 atom stereocenters. The Morgan fingerprint density at radius 2 is 1.24 bits per heavy atom. The van der Waals surface area contributed by atoms with Crippen LogP contribution in [0.5, 0.6) is 0 Å². The number of primary amides is 1. The lowest BCUT2D eigenvalue weighted by Crippen LogP contribution is -2.58. The van der Waals surface area contributed by atoms with Crippen LogP contribution in [-0.4, -0.2) is 69.9 Å². The van der Waals surface area contributed by atoms with Gasteiger partial charge in [0.25, 0.3) is 0 Å². The Kier molecular flexibility index (Phi) is 10.3. The van der Waals surface area contributed by atoms with Crippen LogP contribution in [0.2, 0.25) is 0 Å². The maximum absolute atomic E-state index is 12.4. The topological polar surface area (TPSA) is 231 Å². The van der Waals surface area contributed by atoms with Gasteiger partial charge in [0.15, 0.2) is 0 Å². The molecule has 13 nitrogen and oxygen atoms in total. The van der Waals surface area contributed by atoms with Crippen molar-refractivity contribution < 1.29 is 39.0 Å². The number of carbonyl (C=O) groups is 6. The van der Waals surface area contributed by atoms with Crippen molar-refractivity contribution >= 4 is 35.6 Å². The third-order valence-electron chi connectivity index (χ3n) is 3.69. The van der Waals surface area contributed by atoms with Gasteiger partial charge >= 0.3 is 11.9 Å². The molecule has 0 aromatic heterocycles. The van der Waals surface area contributed by atoms with Gasteiger partial charge < -0.3 is 37.6 Å². The van der Waals surface area contributed by atoms with Crippen LogP contribution in [0.4, 0.5) is 0 Å². The molecule has 0 aromatic carbocycles. The van der Waals surface area contributed by atoms with Crippen molar-refractivity contribution in [2.45, 2.75) is 57.8 Å². The van der Waals surface area contributed by atoms with E-state index in [1.165, 1.54) is 20.8 Å². The Morgan fingerprint density at radius 3 is 1.62 bits per heavy atom. The number of nitrogens with one attached hydrogen (secondary N) is 3. The smallest absolute Gasteiger partial charge is 0.326 e. The summed E-state index contributed by atoms with van der Waals surface area (Å²) < 4.78 is 0. The molecule has 4 amide bonds. The summed E-state index contributed by atoms with van der Waals surface area (Å²) >= 11 is 0. The highest BCUT2D eigenvalue weighted by atomic mass is 16.4. The number of aliphatic carboxylic acids is 2. The fourth-order valence-corrected chi connectivity index (χ4v) is 2.14. The highest BCUT2D eigenvalue weighted by Crippen LogP contribution is 2.04. The minimum Gasteiger partial charge on any atom is -0.481 e. The van der Waals surface area contributed by atoms with Crippen molar-refractivity contribution in [1.82, 2.24) is 16.0 Å². The van der Waals surface area contributed by atoms with Crippen molar-refractivity contribution in [2.75, 3.05) is 0 Å². The first-order valence-corrected chi connectivity index (χ1v) is 8.65. The van der Waals surface area contributed by atoms with E-state index in [0.29, 0.717) is 0 Å². The second-order valence-corrected chi connectivity index (χ2v) is 6.75. The highest BCUT2D eigenvalue weighted by molar-refractivity contribution is 5.97. The van der Waals surface area contributed by atoms with Gasteiger partial charge in [-0.3, -0.25) is 24.0 Å². The Hall–Kier alpha value is -3.22. The zero-order valence-corrected chi connectivity index (χ0v) is 16.3. The van der Waals surface area contributed by atoms with Crippen molar-refractivity contribution in [1.29, 1.82) is 0 Å². The lowest BCUT2D eigenvalue weighted by atomic mass is 10.0. The molecular formula is C16H27N5O8. The van der Waals surface area contributed by atoms with Gasteiger partial charge in [-0.15, -0.1) is 0 Å². The number of hydrogen-bond donors (Lipinski definition) is 7. The summed E-state index contributed by atoms with van der Waals surface area (Å²) in [5.41, 5.74) is 10.4. The standard InChI is InChI=1S/C16H27N5O8/c1-6(2)12(16(28)29)21-15(27)8(4-10(18)22)20-14(26)9(5-11(23)24)19-13(25)7(3)17/h6-9,12H,4-5,17H2,1-3H3,(H2,18,22)(H,19,25)(H,20,26)(H,21,27)(H,23,24)(H,28,29). The van der Waals surface area contributed by atoms with Crippen LogP contribution >= 0.6 is 0 Å². The minimum absolute atomic E-state index is 0.508. The summed E-state index contributed by atoms with van der Waals surface area (Å²) in [6.45, 7) is 4.38. The summed E-state index contributed by atoms with van der Waals surface area (Å²) in [5, 5.41) is 24.5. The fraction of sp³-hybridized carbons (Fsp3) is 0.625. The Bertz CT molecular complexity index is 664. The molecule has 0 rings (SSSR count). The Labute approximate surface area is 166 Å². The average Bonchev–Trinajstić information content (AvgIpc) is 2.56. The van der Waals surface area contributed by atoms with Gasteiger partial charge in [0.1, 0.15) is 18.1 Å². The number of nitrogens with two attached hydrogens (primary N) is 2. The maximum atomic E-state index is 12.4. The van der Waals surface area contributed by atoms with Gasteiger partial charge in [-0.25, -0.2) is 4.79 Å². The molecular weight excluding hydrogens is 390 g/mol. The lowest BCUT2D eigenvalue weighted by molar-refractivity contribution is -0.144. The van der Waals surface area contributed by atoms with Crippen molar-refractivity contribution in [2.24, 2.45) is 17.4 Å². The molecule has 13 heteroatoms. The summed E-state index contributed by atoms with van der Waals surface area (Å²) in [6.07, 6.45) is -1.50. The largest absolute Gasteiger partial charge is 0.481 e. The molecule has 0 fully saturated rings. The SMILES string of the molecule is CC(N)C(=O)NC(CC(=O)O)C(=O)NC(CC(N)=O)C(=O)NC(C(=O)O)C(C)C. The van der Waals surface area contributed by atoms with E-state index < -0.39 is 78.5 Å². The van der Waals surface area contributed by atoms with E-state index in [1.807, 2.05) is 0 Å². The van der Waals surface area contributed by atoms with Crippen molar-refractivity contribution in [3.63, 3.8) is 0 Å². The van der Waals surface area contributed by atoms with Crippen LogP contribution in [0, 0.1) is 5.92 Å². The number of amides is 4. The number of carboxylic acid groups (broad SMARTS) is 2. The van der Waals surface area contributed by atoms with Crippen molar-refractivity contribution in [3.8, 4) is 0 Å². The normalized spacial score (nSPS) is 14.8. The first-order chi connectivity index (χ1) is 13.3. The molecule has 29 heavy (non-hydrogen) atoms. The fourth-order valence-electron chi connectivity index (χ4n) is 2.14. The van der Waals surface area contributed by atoms with E-state index in [-0.39, 0.29) is 0 Å². The zero-order valence-electron chi connectivity index (χ0n) is 16.3. The van der Waals surface area contributed by atoms with Gasteiger partial charge in [0, 0.05) is 0 Å². The van der Waals surface area contributed by atoms with Crippen LogP contribution in [0.1, 0.15) is 33.6 Å². The average molecular weight is 417 g/mol. The molecule has 4 unspecified atom stereocenters. The van der Waals surface area contributed by atoms with Gasteiger partial charge in [-0.2, -0.15) is 0 Å². The first kappa shape index (κ1) is 25.8. The number of hydrogen-bond acceptors (Lipinski definition) is 7. The first-order valence-electron chi connectivity index (χ1n) is 8.65. The zero-order chi connectivity index (χ0) is 22.9. The quantitative estimate of drug-likeness (QED) is 0.170. The summed E-state index contributed by atoms with van der Waals surface area (Å²) in [5.74, 6) is -7.14. The maximum Gasteiger partial charge on any atom is 0.326 e. The molecule has 0 saturated carbocycles. The third-order valence-corrected chi connectivity index (χ3v) is 3.69. The van der Waals surface area contributed by atoms with Crippen LogP contribution in [0.15, 0.2) is 0 Å². The van der Waals surface area contributed by atoms with E-state index >= 15 is 0 Å². The van der Waals surface area contributed by atoms with Gasteiger partial charge in [-0.1, -0.05) is 13.8 Å². The molecule has 9 N–H and O–H groups in total. The summed E-state index contributed by atoms with van der Waals surface area (Å²) in [6, 6.07) is -5.51. The van der Waals surface area contributed by atoms with E-state index in [4.69, 9.17) is 21.7 Å². The Balaban J connectivity index is 5.48. The van der Waals surface area contributed by atoms with E-state index in [9.17, 15) is 28.8 Å². The summed E-state index contributed by atoms with van der Waals surface area (Å²) in [7, 11) is 0. The van der Waals surface area contributed by atoms with Crippen LogP contribution in [0.25, 0.3) is 0 Å². The van der Waals surface area contributed by atoms with Gasteiger partial charge in [-0.05, 0) is 12.8 Å². The van der Waals surface area contributed by atoms with E-state index in [0.717, 1.165) is 0 Å². The molecule has 0 heterocycles. The van der Waals surface area contributed by atoms with Gasteiger partial charge in [0.05, 0.1) is 18.9 Å². The number of rotatable bonds is 12. The van der Waals surface area contributed by atoms with E-state index in [2.05, 4.69) is 16.0 Å². The van der Waals surface area contributed by atoms with Crippen LogP contribution < -0.4 is 27.4 Å². The molecule has 0 aliphatic rings. The van der Waals surface area contributed by atoms with Crippen molar-refractivity contribution in [3.05, 3.63) is 0 Å². The van der Waals surface area contributed by atoms with Crippen LogP contribution in [0.3, 0.4) is 0 Å². The third kappa shape index (κ3) is 9.51. The van der Waals surface area contributed by atoms with E-state index in [1.54, 1.807) is 0 Å². The van der Waals surface area contributed by atoms with Gasteiger partial charge in [0.2, 0.25) is 23.6 Å². The molecule has 164 valence electrons. The Morgan fingerprint density at radius 1 is 0.793 bits per heavy atom. The minimum atomic E-state index is -1.59. The molecule has 0 spiro atoms. The number of carbonyl (C=O) groups excluding carboxylic acids is 4.